The molecule has 0 aliphatic rings. The van der Waals surface area contributed by atoms with Crippen molar-refractivity contribution in [3.8, 4) is 0 Å². The van der Waals surface area contributed by atoms with E-state index in [-0.39, 0.29) is 24.0 Å². The predicted octanol–water partition coefficient (Wildman–Crippen LogP) is 3.28. The summed E-state index contributed by atoms with van der Waals surface area (Å²) in [5, 5.41) is 3.30. The zero-order valence-electron chi connectivity index (χ0n) is 12.4. The predicted molar refractivity (Wildman–Crippen MR) is 94.4 cm³/mol. The fourth-order valence-corrected chi connectivity index (χ4v) is 1.85. The molecule has 0 unspecified atom stereocenters. The highest BCUT2D eigenvalue weighted by molar-refractivity contribution is 14.0. The van der Waals surface area contributed by atoms with Gasteiger partial charge in [0.1, 0.15) is 0 Å². The standard InChI is InChI=1S/C15H25N3.HI/c1-5-13-8-10-14(11-9-13)12-18(4)15(16-6-2)17-7-3;/h8-11H,5-7,12H2,1-4H3,(H,16,17);1H. The molecule has 0 aliphatic heterocycles. The van der Waals surface area contributed by atoms with Crippen LogP contribution < -0.4 is 5.32 Å². The average molecular weight is 375 g/mol. The number of halogens is 1. The van der Waals surface area contributed by atoms with Gasteiger partial charge in [0.15, 0.2) is 5.96 Å². The van der Waals surface area contributed by atoms with Crippen LogP contribution in [0.3, 0.4) is 0 Å². The van der Waals surface area contributed by atoms with Gasteiger partial charge in [0.2, 0.25) is 0 Å². The van der Waals surface area contributed by atoms with Crippen LogP contribution in [0.25, 0.3) is 0 Å². The maximum Gasteiger partial charge on any atom is 0.193 e. The Morgan fingerprint density at radius 3 is 2.16 bits per heavy atom. The molecule has 0 heterocycles. The minimum atomic E-state index is 0. The fourth-order valence-electron chi connectivity index (χ4n) is 1.85. The van der Waals surface area contributed by atoms with Crippen LogP contribution in [0.2, 0.25) is 0 Å². The zero-order chi connectivity index (χ0) is 13.4. The van der Waals surface area contributed by atoms with Gasteiger partial charge in [-0.25, -0.2) is 0 Å². The molecule has 0 aromatic heterocycles. The Morgan fingerprint density at radius 2 is 1.68 bits per heavy atom. The van der Waals surface area contributed by atoms with E-state index in [9.17, 15) is 0 Å². The summed E-state index contributed by atoms with van der Waals surface area (Å²) in [6.07, 6.45) is 1.09. The fraction of sp³-hybridized carbons (Fsp3) is 0.533. The second-order valence-corrected chi connectivity index (χ2v) is 4.35. The molecule has 0 saturated heterocycles. The van der Waals surface area contributed by atoms with Gasteiger partial charge in [-0.3, -0.25) is 4.99 Å². The highest BCUT2D eigenvalue weighted by atomic mass is 127. The normalized spacial score (nSPS) is 10.8. The number of benzene rings is 1. The van der Waals surface area contributed by atoms with Crippen LogP contribution in [0, 0.1) is 0 Å². The highest BCUT2D eigenvalue weighted by Crippen LogP contribution is 2.07. The van der Waals surface area contributed by atoms with Crippen molar-refractivity contribution in [3.63, 3.8) is 0 Å². The van der Waals surface area contributed by atoms with Crippen LogP contribution in [0.15, 0.2) is 29.3 Å². The third-order valence-corrected chi connectivity index (χ3v) is 2.86. The van der Waals surface area contributed by atoms with E-state index in [1.807, 2.05) is 0 Å². The van der Waals surface area contributed by atoms with Gasteiger partial charge in [0, 0.05) is 26.7 Å². The minimum absolute atomic E-state index is 0. The third kappa shape index (κ3) is 6.27. The maximum atomic E-state index is 4.48. The molecule has 1 aromatic rings. The van der Waals surface area contributed by atoms with Gasteiger partial charge in [-0.15, -0.1) is 24.0 Å². The summed E-state index contributed by atoms with van der Waals surface area (Å²) in [5.41, 5.74) is 2.70. The quantitative estimate of drug-likeness (QED) is 0.486. The van der Waals surface area contributed by atoms with Crippen molar-refractivity contribution in [2.75, 3.05) is 20.1 Å². The molecular weight excluding hydrogens is 349 g/mol. The van der Waals surface area contributed by atoms with E-state index in [4.69, 9.17) is 0 Å². The van der Waals surface area contributed by atoms with Crippen molar-refractivity contribution in [2.24, 2.45) is 4.99 Å². The first-order valence-electron chi connectivity index (χ1n) is 6.78. The van der Waals surface area contributed by atoms with Crippen molar-refractivity contribution >= 4 is 29.9 Å². The van der Waals surface area contributed by atoms with Crippen LogP contribution >= 0.6 is 24.0 Å². The van der Waals surface area contributed by atoms with Crippen LogP contribution in [0.4, 0.5) is 0 Å². The summed E-state index contributed by atoms with van der Waals surface area (Å²) in [7, 11) is 2.07. The summed E-state index contributed by atoms with van der Waals surface area (Å²) in [6.45, 7) is 8.92. The Bertz CT molecular complexity index is 373. The van der Waals surface area contributed by atoms with Gasteiger partial charge in [-0.2, -0.15) is 0 Å². The van der Waals surface area contributed by atoms with E-state index in [1.165, 1.54) is 11.1 Å². The van der Waals surface area contributed by atoms with Gasteiger partial charge in [0.25, 0.3) is 0 Å². The first-order chi connectivity index (χ1) is 8.71. The molecule has 0 atom stereocenters. The largest absolute Gasteiger partial charge is 0.357 e. The first-order valence-corrected chi connectivity index (χ1v) is 6.78. The van der Waals surface area contributed by atoms with Gasteiger partial charge in [0.05, 0.1) is 0 Å². The lowest BCUT2D eigenvalue weighted by Crippen LogP contribution is -2.38. The van der Waals surface area contributed by atoms with Crippen LogP contribution in [0.1, 0.15) is 31.9 Å². The Labute approximate surface area is 134 Å². The molecule has 0 aliphatic carbocycles. The Kier molecular flexibility index (Phi) is 9.65. The molecule has 0 bridgehead atoms. The first kappa shape index (κ1) is 18.2. The van der Waals surface area contributed by atoms with E-state index < -0.39 is 0 Å². The number of nitrogens with one attached hydrogen (secondary N) is 1. The van der Waals surface area contributed by atoms with E-state index in [0.29, 0.717) is 0 Å². The smallest absolute Gasteiger partial charge is 0.193 e. The van der Waals surface area contributed by atoms with E-state index in [0.717, 1.165) is 32.0 Å². The SMILES string of the molecule is CCN=C(NCC)N(C)Cc1ccc(CC)cc1.I. The Morgan fingerprint density at radius 1 is 1.11 bits per heavy atom. The summed E-state index contributed by atoms with van der Waals surface area (Å²) in [4.78, 5) is 6.64. The molecule has 1 aromatic carbocycles. The topological polar surface area (TPSA) is 27.6 Å². The number of rotatable bonds is 5. The van der Waals surface area contributed by atoms with Crippen LogP contribution in [-0.2, 0) is 13.0 Å². The number of aryl methyl sites for hydroxylation is 1. The summed E-state index contributed by atoms with van der Waals surface area (Å²) < 4.78 is 0. The van der Waals surface area contributed by atoms with Crippen molar-refractivity contribution in [2.45, 2.75) is 33.7 Å². The van der Waals surface area contributed by atoms with Crippen molar-refractivity contribution in [1.29, 1.82) is 0 Å². The van der Waals surface area contributed by atoms with Gasteiger partial charge >= 0.3 is 0 Å². The molecule has 1 N–H and O–H groups in total. The lowest BCUT2D eigenvalue weighted by molar-refractivity contribution is 0.477. The Balaban J connectivity index is 0.00000324. The van der Waals surface area contributed by atoms with Gasteiger partial charge < -0.3 is 10.2 Å². The van der Waals surface area contributed by atoms with Crippen LogP contribution in [0.5, 0.6) is 0 Å². The highest BCUT2D eigenvalue weighted by Gasteiger charge is 2.05. The van der Waals surface area contributed by atoms with Gasteiger partial charge in [-0.05, 0) is 31.4 Å². The molecule has 0 saturated carbocycles. The van der Waals surface area contributed by atoms with Gasteiger partial charge in [-0.1, -0.05) is 31.2 Å². The molecule has 3 nitrogen and oxygen atoms in total. The molecule has 19 heavy (non-hydrogen) atoms. The molecule has 108 valence electrons. The van der Waals surface area contributed by atoms with Crippen molar-refractivity contribution in [3.05, 3.63) is 35.4 Å². The monoisotopic (exact) mass is 375 g/mol. The Hall–Kier alpha value is -0.780. The summed E-state index contributed by atoms with van der Waals surface area (Å²) in [5.74, 6) is 0.972. The number of hydrogen-bond acceptors (Lipinski definition) is 1. The molecule has 0 radical (unpaired) electrons. The molecule has 4 heteroatoms. The molecular formula is C15H26IN3. The minimum Gasteiger partial charge on any atom is -0.357 e. The van der Waals surface area contributed by atoms with E-state index in [2.05, 4.69) is 67.3 Å². The third-order valence-electron chi connectivity index (χ3n) is 2.86. The number of guanidine groups is 1. The molecule has 1 rings (SSSR count). The van der Waals surface area contributed by atoms with Crippen LogP contribution in [-0.4, -0.2) is 31.0 Å². The number of hydrogen-bond donors (Lipinski definition) is 1. The molecule has 0 spiro atoms. The summed E-state index contributed by atoms with van der Waals surface area (Å²) >= 11 is 0. The lowest BCUT2D eigenvalue weighted by Gasteiger charge is -2.22. The average Bonchev–Trinajstić information content (AvgIpc) is 2.39. The van der Waals surface area contributed by atoms with E-state index >= 15 is 0 Å². The van der Waals surface area contributed by atoms with Crippen molar-refractivity contribution in [1.82, 2.24) is 10.2 Å². The van der Waals surface area contributed by atoms with Crippen molar-refractivity contribution < 1.29 is 0 Å². The second-order valence-electron chi connectivity index (χ2n) is 4.35. The maximum absolute atomic E-state index is 4.48. The van der Waals surface area contributed by atoms with E-state index in [1.54, 1.807) is 0 Å². The summed E-state index contributed by atoms with van der Waals surface area (Å²) in [6, 6.07) is 8.80. The lowest BCUT2D eigenvalue weighted by atomic mass is 10.1. The second kappa shape index (κ2) is 10.1. The molecule has 0 fully saturated rings. The zero-order valence-corrected chi connectivity index (χ0v) is 14.8. The number of aliphatic imine (C=N–C) groups is 1. The molecule has 0 amide bonds. The number of nitrogens with zero attached hydrogens (tertiary/aromatic N) is 2.